The molecule has 0 atom stereocenters. The molecule has 130 heavy (non-hydrogen) atoms. The maximum Gasteiger partial charge on any atom is 0.254 e. The first-order valence-corrected chi connectivity index (χ1v) is 44.5. The van der Waals surface area contributed by atoms with Crippen molar-refractivity contribution in [1.82, 2.24) is 28.2 Å². The minimum Gasteiger partial charge on any atom is -0.237 e. The van der Waals surface area contributed by atoms with Gasteiger partial charge in [-0.2, -0.15) is 36.5 Å². The molecule has 0 aliphatic heterocycles. The zero-order valence-electron chi connectivity index (χ0n) is 74.0. The lowest BCUT2D eigenvalue weighted by Gasteiger charge is -2.21. The SMILES string of the molecule is Cc1c(C)[n+](-c2ccccc2)cn1-c1ccc(-c2ccccc2-c2cc(-c3ccccc3-c3ccc(-n4c[n+](-c5ccccc5)c(C)c4C)cc3)cc(-c3cccc(-c4cc(-c5ccccc5-c5ccc(-n6c[n+](-c7ccccc7)c(C)c6C)cc5)cc(-c5ccccc5-c5ccc(-n6c[n+](-c7ccccc7)c(C)c6C)cc5)c4)c3-c3ccc(-c4ncccn4)cc3)c2)cc1. The first-order chi connectivity index (χ1) is 63.8. The highest BCUT2D eigenvalue weighted by atomic mass is 15.2. The summed E-state index contributed by atoms with van der Waals surface area (Å²) in [5, 5.41) is 0. The maximum atomic E-state index is 4.78. The summed E-state index contributed by atoms with van der Waals surface area (Å²) in [6, 6.07) is 147. The van der Waals surface area contributed by atoms with E-state index >= 15 is 0 Å². The van der Waals surface area contributed by atoms with Crippen molar-refractivity contribution < 1.29 is 18.3 Å². The Hall–Kier alpha value is -16.6. The van der Waals surface area contributed by atoms with Gasteiger partial charge >= 0.3 is 0 Å². The molecule has 10 nitrogen and oxygen atoms in total. The molecule has 10 heteroatoms. The smallest absolute Gasteiger partial charge is 0.237 e. The lowest BCUT2D eigenvalue weighted by molar-refractivity contribution is -0.602. The zero-order chi connectivity index (χ0) is 88.0. The fourth-order valence-electron chi connectivity index (χ4n) is 18.9. The number of benzene rings is 16. The van der Waals surface area contributed by atoms with Crippen LogP contribution in [-0.4, -0.2) is 28.2 Å². The predicted molar refractivity (Wildman–Crippen MR) is 529 cm³/mol. The number of nitrogens with zero attached hydrogens (tertiary/aromatic N) is 10. The Balaban J connectivity index is 0.755. The lowest BCUT2D eigenvalue weighted by atomic mass is 9.82. The fourth-order valence-corrected chi connectivity index (χ4v) is 18.9. The molecule has 622 valence electrons. The van der Waals surface area contributed by atoms with E-state index in [4.69, 9.17) is 9.97 Å². The quantitative estimate of drug-likeness (QED) is 0.0714. The Morgan fingerprint density at radius 3 is 0.623 bits per heavy atom. The summed E-state index contributed by atoms with van der Waals surface area (Å²) in [4.78, 5) is 9.55. The molecule has 0 aliphatic rings. The predicted octanol–water partition coefficient (Wildman–Crippen LogP) is 27.2. The molecule has 21 aromatic rings. The van der Waals surface area contributed by atoms with E-state index in [1.165, 1.54) is 45.6 Å². The molecule has 21 rings (SSSR count). The molecular weight excluding hydrogens is 1580 g/mol. The molecule has 0 aliphatic carbocycles. The topological polar surface area (TPSA) is 61.0 Å². The number of imidazole rings is 4. The minimum absolute atomic E-state index is 0.662. The van der Waals surface area contributed by atoms with Crippen LogP contribution in [0, 0.1) is 55.4 Å². The third-order valence-corrected chi connectivity index (χ3v) is 26.4. The number of aromatic nitrogens is 10. The second-order valence-corrected chi connectivity index (χ2v) is 33.8. The molecule has 0 spiro atoms. The second-order valence-electron chi connectivity index (χ2n) is 33.8. The monoisotopic (exact) mass is 1680 g/mol. The van der Waals surface area contributed by atoms with Crippen LogP contribution < -0.4 is 18.3 Å². The van der Waals surface area contributed by atoms with Gasteiger partial charge in [-0.05, 0) is 262 Å². The molecule has 16 aromatic carbocycles. The van der Waals surface area contributed by atoms with Gasteiger partial charge in [-0.25, -0.2) is 9.97 Å². The number of rotatable bonds is 20. The van der Waals surface area contributed by atoms with Crippen molar-refractivity contribution in [3.63, 3.8) is 0 Å². The van der Waals surface area contributed by atoms with E-state index in [9.17, 15) is 0 Å². The van der Waals surface area contributed by atoms with Crippen LogP contribution in [0.1, 0.15) is 45.6 Å². The van der Waals surface area contributed by atoms with Crippen molar-refractivity contribution in [3.8, 4) is 179 Å². The van der Waals surface area contributed by atoms with Crippen LogP contribution in [0.2, 0.25) is 0 Å². The maximum absolute atomic E-state index is 4.78. The van der Waals surface area contributed by atoms with Crippen molar-refractivity contribution in [2.24, 2.45) is 0 Å². The Morgan fingerprint density at radius 1 is 0.177 bits per heavy atom. The first kappa shape index (κ1) is 80.5. The number of hydrogen-bond donors (Lipinski definition) is 0. The van der Waals surface area contributed by atoms with Crippen molar-refractivity contribution in [2.75, 3.05) is 0 Å². The van der Waals surface area contributed by atoms with E-state index < -0.39 is 0 Å². The van der Waals surface area contributed by atoms with Gasteiger partial charge in [-0.1, -0.05) is 261 Å². The third-order valence-electron chi connectivity index (χ3n) is 26.4. The highest BCUT2D eigenvalue weighted by Gasteiger charge is 2.28. The van der Waals surface area contributed by atoms with Gasteiger partial charge in [-0.15, -0.1) is 0 Å². The number of para-hydroxylation sites is 4. The van der Waals surface area contributed by atoms with Gasteiger partial charge in [0.2, 0.25) is 0 Å². The molecule has 0 amide bonds. The van der Waals surface area contributed by atoms with Crippen molar-refractivity contribution in [1.29, 1.82) is 0 Å². The average molecular weight is 1680 g/mol. The molecule has 0 saturated heterocycles. The first-order valence-electron chi connectivity index (χ1n) is 44.5. The highest BCUT2D eigenvalue weighted by Crippen LogP contribution is 2.49. The van der Waals surface area contributed by atoms with Crippen molar-refractivity contribution >= 4 is 0 Å². The average Bonchev–Trinajstić information content (AvgIpc) is 1.12. The van der Waals surface area contributed by atoms with Crippen LogP contribution in [0.25, 0.3) is 179 Å². The van der Waals surface area contributed by atoms with Crippen LogP contribution in [0.5, 0.6) is 0 Å². The lowest BCUT2D eigenvalue weighted by Crippen LogP contribution is -2.31. The molecule has 0 N–H and O–H groups in total. The molecule has 0 bridgehead atoms. The zero-order valence-corrected chi connectivity index (χ0v) is 74.0. The van der Waals surface area contributed by atoms with Gasteiger partial charge in [0.05, 0.1) is 0 Å². The van der Waals surface area contributed by atoms with Gasteiger partial charge in [0.25, 0.3) is 25.3 Å². The molecule has 5 heterocycles. The van der Waals surface area contributed by atoms with Gasteiger partial charge in [-0.3, -0.25) is 0 Å². The molecular formula is C120H96N10+4. The molecule has 0 fully saturated rings. The normalized spacial score (nSPS) is 11.4. The van der Waals surface area contributed by atoms with E-state index in [0.717, 1.165) is 173 Å². The Labute approximate surface area is 759 Å². The summed E-state index contributed by atoms with van der Waals surface area (Å²) in [5.41, 5.74) is 43.3. The van der Waals surface area contributed by atoms with Crippen LogP contribution in [0.15, 0.2) is 438 Å². The second kappa shape index (κ2) is 34.4. The molecule has 0 radical (unpaired) electrons. The van der Waals surface area contributed by atoms with Crippen LogP contribution in [0.4, 0.5) is 0 Å². The van der Waals surface area contributed by atoms with E-state index in [1.807, 2.05) is 18.5 Å². The van der Waals surface area contributed by atoms with Gasteiger partial charge in [0.1, 0.15) is 91.1 Å². The van der Waals surface area contributed by atoms with Gasteiger partial charge in [0, 0.05) is 73.3 Å². The largest absolute Gasteiger partial charge is 0.254 e. The van der Waals surface area contributed by atoms with Crippen LogP contribution >= 0.6 is 0 Å². The summed E-state index contributed by atoms with van der Waals surface area (Å²) in [6.07, 6.45) is 12.5. The molecule has 0 saturated carbocycles. The third kappa shape index (κ3) is 15.2. The Kier molecular flexibility index (Phi) is 21.3. The van der Waals surface area contributed by atoms with Gasteiger partial charge in [0.15, 0.2) is 5.82 Å². The van der Waals surface area contributed by atoms with E-state index in [-0.39, 0.29) is 0 Å². The number of hydrogen-bond acceptors (Lipinski definition) is 2. The Bertz CT molecular complexity index is 6970. The summed E-state index contributed by atoms with van der Waals surface area (Å²) < 4.78 is 18.3. The van der Waals surface area contributed by atoms with Crippen LogP contribution in [-0.2, 0) is 0 Å². The summed E-state index contributed by atoms with van der Waals surface area (Å²) >= 11 is 0. The van der Waals surface area contributed by atoms with E-state index in [2.05, 4.69) is 512 Å². The summed E-state index contributed by atoms with van der Waals surface area (Å²) in [5.74, 6) is 0.662. The minimum atomic E-state index is 0.662. The molecule has 0 unspecified atom stereocenters. The van der Waals surface area contributed by atoms with E-state index in [1.54, 1.807) is 0 Å². The summed E-state index contributed by atoms with van der Waals surface area (Å²) in [6.45, 7) is 17.6. The van der Waals surface area contributed by atoms with Crippen molar-refractivity contribution in [2.45, 2.75) is 55.4 Å². The van der Waals surface area contributed by atoms with Crippen molar-refractivity contribution in [3.05, 3.63) is 484 Å². The van der Waals surface area contributed by atoms with Gasteiger partial charge < -0.3 is 0 Å². The summed E-state index contributed by atoms with van der Waals surface area (Å²) in [7, 11) is 0. The standard InChI is InChI=1S/C120H96N10/c1-81-85(5)127(77-123(81)101-31-13-9-14-32-101)105-61-53-89(54-62-105)109-39-21-25-43-113(109)95-71-96(114-44-26-22-40-110(114)90-55-63-106(64-56-90)128-78-124(82(2)86(128)6)102-33-15-10-16-34-102)74-99(73-95)117-47-29-48-118(119(117)93-49-51-94(52-50-93)120-121-69-30-70-122-120)100-75-97(115-45-27-23-41-111(115)91-57-65-107(66-58-91)129-79-125(83(3)87(129)7)103-35-17-11-18-36-103)72-98(76-100)116-46-28-24-42-112(116)92-59-67-108(68-60-92)130-80-126(84(4)88(130)8)104-37-19-12-20-38-104/h9-80H,1-8H3/q+4. The van der Waals surface area contributed by atoms with E-state index in [0.29, 0.717) is 5.82 Å². The van der Waals surface area contributed by atoms with Crippen LogP contribution in [0.3, 0.4) is 0 Å². The Morgan fingerprint density at radius 2 is 0.377 bits per heavy atom. The fraction of sp³-hybridized carbons (Fsp3) is 0.0667. The highest BCUT2D eigenvalue weighted by molar-refractivity contribution is 6.01. The molecule has 5 aromatic heterocycles.